The maximum absolute atomic E-state index is 9.79. The first-order valence-electron chi connectivity index (χ1n) is 7.36. The fraction of sp³-hybridized carbons (Fsp3) is 0.118. The van der Waals surface area contributed by atoms with Gasteiger partial charge in [0, 0.05) is 5.56 Å². The second kappa shape index (κ2) is 6.74. The average Bonchev–Trinajstić information content (AvgIpc) is 2.60. The number of nitrogens with one attached hydrogen (secondary N) is 2. The molecule has 0 unspecified atom stereocenters. The van der Waals surface area contributed by atoms with E-state index in [4.69, 9.17) is 0 Å². The minimum Gasteiger partial charge on any atom is -0.479 e. The van der Waals surface area contributed by atoms with Gasteiger partial charge in [-0.25, -0.2) is 0 Å². The summed E-state index contributed by atoms with van der Waals surface area (Å²) in [5.74, 6) is 0.689. The molecule has 3 N–H and O–H groups in total. The number of nitrogens with zero attached hydrogens (tertiary/aromatic N) is 3. The molecule has 0 saturated heterocycles. The molecule has 3 rings (SSSR count). The fourth-order valence-electron chi connectivity index (χ4n) is 2.24. The summed E-state index contributed by atoms with van der Waals surface area (Å²) >= 11 is 0. The molecule has 0 aliphatic carbocycles. The zero-order chi connectivity index (χ0) is 16.1. The Hall–Kier alpha value is -3.15. The van der Waals surface area contributed by atoms with Crippen molar-refractivity contribution in [2.45, 2.75) is 13.3 Å². The highest BCUT2D eigenvalue weighted by atomic mass is 16.3. The maximum atomic E-state index is 9.79. The number of benzene rings is 2. The van der Waals surface area contributed by atoms with Crippen LogP contribution in [0.25, 0.3) is 11.4 Å². The van der Waals surface area contributed by atoms with E-state index in [1.165, 1.54) is 0 Å². The van der Waals surface area contributed by atoms with Crippen molar-refractivity contribution in [1.82, 2.24) is 15.0 Å². The largest absolute Gasteiger partial charge is 0.479 e. The molecule has 2 aromatic carbocycles. The van der Waals surface area contributed by atoms with Gasteiger partial charge in [-0.05, 0) is 24.1 Å². The van der Waals surface area contributed by atoms with Crippen molar-refractivity contribution in [2.24, 2.45) is 0 Å². The third kappa shape index (κ3) is 3.55. The molecule has 116 valence electrons. The summed E-state index contributed by atoms with van der Waals surface area (Å²) < 4.78 is 0. The molecule has 0 bridgehead atoms. The predicted octanol–water partition coefficient (Wildman–Crippen LogP) is 3.25. The Morgan fingerprint density at radius 2 is 1.61 bits per heavy atom. The Morgan fingerprint density at radius 1 is 0.870 bits per heavy atom. The summed E-state index contributed by atoms with van der Waals surface area (Å²) in [4.78, 5) is 12.3. The van der Waals surface area contributed by atoms with Gasteiger partial charge in [0.2, 0.25) is 5.95 Å². The molecule has 0 spiro atoms. The number of anilines is 2. The third-order valence-corrected chi connectivity index (χ3v) is 3.36. The summed E-state index contributed by atoms with van der Waals surface area (Å²) in [6.07, 6.45) is 0.855. The second-order valence-electron chi connectivity index (χ2n) is 4.91. The van der Waals surface area contributed by atoms with Crippen LogP contribution in [0.4, 0.5) is 11.6 Å². The molecule has 6 nitrogen and oxygen atoms in total. The van der Waals surface area contributed by atoms with Crippen LogP contribution in [-0.4, -0.2) is 20.1 Å². The highest BCUT2D eigenvalue weighted by Gasteiger charge is 2.10. The van der Waals surface area contributed by atoms with Gasteiger partial charge in [-0.15, -0.1) is 0 Å². The topological polar surface area (TPSA) is 83.0 Å². The van der Waals surface area contributed by atoms with E-state index in [2.05, 4.69) is 32.7 Å². The minimum absolute atomic E-state index is 0.252. The van der Waals surface area contributed by atoms with Crippen molar-refractivity contribution < 1.29 is 5.11 Å². The summed E-state index contributed by atoms with van der Waals surface area (Å²) in [6.45, 7) is 2.07. The smallest absolute Gasteiger partial charge is 0.319 e. The number of aromatic nitrogens is 3. The Balaban J connectivity index is 1.87. The van der Waals surface area contributed by atoms with Crippen LogP contribution < -0.4 is 10.9 Å². The van der Waals surface area contributed by atoms with Crippen LogP contribution in [-0.2, 0) is 6.42 Å². The maximum Gasteiger partial charge on any atom is 0.319 e. The normalized spacial score (nSPS) is 10.3. The van der Waals surface area contributed by atoms with Crippen molar-refractivity contribution in [3.05, 3.63) is 60.2 Å². The molecule has 3 aromatic rings. The molecule has 0 amide bonds. The Bertz CT molecular complexity index is 792. The van der Waals surface area contributed by atoms with Gasteiger partial charge < -0.3 is 5.11 Å². The van der Waals surface area contributed by atoms with E-state index in [1.54, 1.807) is 0 Å². The molecule has 23 heavy (non-hydrogen) atoms. The quantitative estimate of drug-likeness (QED) is 0.628. The number of hydrogen-bond acceptors (Lipinski definition) is 6. The van der Waals surface area contributed by atoms with Gasteiger partial charge in [-0.2, -0.15) is 15.0 Å². The van der Waals surface area contributed by atoms with Gasteiger partial charge >= 0.3 is 6.01 Å². The van der Waals surface area contributed by atoms with Crippen molar-refractivity contribution in [3.8, 4) is 17.4 Å². The molecule has 0 fully saturated rings. The second-order valence-corrected chi connectivity index (χ2v) is 4.91. The summed E-state index contributed by atoms with van der Waals surface area (Å²) in [6, 6.07) is 17.1. The van der Waals surface area contributed by atoms with E-state index in [1.807, 2.05) is 54.6 Å². The minimum atomic E-state index is -0.321. The number of hydrogen-bond donors (Lipinski definition) is 3. The molecular formula is C17H17N5O. The lowest BCUT2D eigenvalue weighted by Gasteiger charge is -2.10. The lowest BCUT2D eigenvalue weighted by molar-refractivity contribution is 0.430. The number of aromatic hydroxyl groups is 1. The van der Waals surface area contributed by atoms with Gasteiger partial charge in [-0.3, -0.25) is 10.9 Å². The van der Waals surface area contributed by atoms with Gasteiger partial charge in [-0.1, -0.05) is 49.4 Å². The molecule has 0 aliphatic heterocycles. The monoisotopic (exact) mass is 307 g/mol. The number of hydrazine groups is 1. The molecule has 6 heteroatoms. The molecule has 1 aromatic heterocycles. The van der Waals surface area contributed by atoms with Gasteiger partial charge in [0.05, 0.1) is 5.69 Å². The predicted molar refractivity (Wildman–Crippen MR) is 90.0 cm³/mol. The van der Waals surface area contributed by atoms with Crippen LogP contribution >= 0.6 is 0 Å². The SMILES string of the molecule is CCc1ccccc1-c1nc(O)nc(NNc2ccccc2)n1. The zero-order valence-electron chi connectivity index (χ0n) is 12.7. The fourth-order valence-corrected chi connectivity index (χ4v) is 2.24. The molecule has 0 aliphatic rings. The van der Waals surface area contributed by atoms with Crippen molar-refractivity contribution in [3.63, 3.8) is 0 Å². The van der Waals surface area contributed by atoms with Crippen LogP contribution in [0.5, 0.6) is 6.01 Å². The van der Waals surface area contributed by atoms with E-state index in [0.717, 1.165) is 23.2 Å². The van der Waals surface area contributed by atoms with Crippen LogP contribution in [0.15, 0.2) is 54.6 Å². The van der Waals surface area contributed by atoms with Gasteiger partial charge in [0.25, 0.3) is 0 Å². The van der Waals surface area contributed by atoms with Crippen molar-refractivity contribution >= 4 is 11.6 Å². The highest BCUT2D eigenvalue weighted by molar-refractivity contribution is 5.61. The third-order valence-electron chi connectivity index (χ3n) is 3.36. The lowest BCUT2D eigenvalue weighted by atomic mass is 10.1. The number of rotatable bonds is 5. The lowest BCUT2D eigenvalue weighted by Crippen LogP contribution is -2.12. The molecule has 1 heterocycles. The van der Waals surface area contributed by atoms with Gasteiger partial charge in [0.1, 0.15) is 0 Å². The number of para-hydroxylation sites is 1. The van der Waals surface area contributed by atoms with Gasteiger partial charge in [0.15, 0.2) is 5.82 Å². The Kier molecular flexibility index (Phi) is 4.33. The molecule has 0 radical (unpaired) electrons. The average molecular weight is 307 g/mol. The molecule has 0 saturated carbocycles. The first kappa shape index (κ1) is 14.8. The van der Waals surface area contributed by atoms with E-state index in [-0.39, 0.29) is 12.0 Å². The van der Waals surface area contributed by atoms with Crippen molar-refractivity contribution in [1.29, 1.82) is 0 Å². The van der Waals surface area contributed by atoms with E-state index in [0.29, 0.717) is 5.82 Å². The van der Waals surface area contributed by atoms with Crippen LogP contribution in [0, 0.1) is 0 Å². The standard InChI is InChI=1S/C17H17N5O/c1-2-12-8-6-7-11-14(12)15-18-16(20-17(23)19-15)22-21-13-9-4-3-5-10-13/h3-11,21H,2H2,1H3,(H2,18,19,20,22,23). The van der Waals surface area contributed by atoms with Crippen LogP contribution in [0.3, 0.4) is 0 Å². The molecule has 0 atom stereocenters. The number of aryl methyl sites for hydroxylation is 1. The van der Waals surface area contributed by atoms with Crippen molar-refractivity contribution in [2.75, 3.05) is 10.9 Å². The molecular weight excluding hydrogens is 290 g/mol. The first-order valence-corrected chi connectivity index (χ1v) is 7.36. The Morgan fingerprint density at radius 3 is 2.39 bits per heavy atom. The summed E-state index contributed by atoms with van der Waals surface area (Å²) in [5, 5.41) is 9.79. The zero-order valence-corrected chi connectivity index (χ0v) is 12.7. The van der Waals surface area contributed by atoms with E-state index in [9.17, 15) is 5.11 Å². The van der Waals surface area contributed by atoms with Crippen LogP contribution in [0.1, 0.15) is 12.5 Å². The van der Waals surface area contributed by atoms with E-state index >= 15 is 0 Å². The van der Waals surface area contributed by atoms with E-state index < -0.39 is 0 Å². The summed E-state index contributed by atoms with van der Waals surface area (Å²) in [5.41, 5.74) is 8.72. The Labute approximate surface area is 134 Å². The van der Waals surface area contributed by atoms with Crippen LogP contribution in [0.2, 0.25) is 0 Å². The first-order chi connectivity index (χ1) is 11.3. The highest BCUT2D eigenvalue weighted by Crippen LogP contribution is 2.22. The summed E-state index contributed by atoms with van der Waals surface area (Å²) in [7, 11) is 0.